The van der Waals surface area contributed by atoms with Crippen LogP contribution in [0.4, 0.5) is 0 Å². The third-order valence-electron chi connectivity index (χ3n) is 6.31. The number of ether oxygens (including phenoxy) is 1. The van der Waals surface area contributed by atoms with E-state index in [1.807, 2.05) is 24.3 Å². The molecule has 1 unspecified atom stereocenters. The molecule has 1 fully saturated rings. The molecule has 0 bridgehead atoms. The summed E-state index contributed by atoms with van der Waals surface area (Å²) in [5.74, 6) is 0.355. The first-order valence-corrected chi connectivity index (χ1v) is 11.6. The molecule has 1 atom stereocenters. The van der Waals surface area contributed by atoms with Crippen LogP contribution in [0.3, 0.4) is 0 Å². The zero-order chi connectivity index (χ0) is 20.5. The summed E-state index contributed by atoms with van der Waals surface area (Å²) in [6.07, 6.45) is 12.2. The molecule has 1 aliphatic rings. The van der Waals surface area contributed by atoms with E-state index in [9.17, 15) is 4.79 Å². The molecule has 0 aliphatic heterocycles. The lowest BCUT2D eigenvalue weighted by Gasteiger charge is -2.29. The topological polar surface area (TPSA) is 26.3 Å². The first-order chi connectivity index (χ1) is 14.2. The number of unbranched alkanes of at least 4 members (excludes halogenated alkanes) is 2. The number of carbonyl (C=O) groups excluding carboxylic acids is 1. The molecule has 2 nitrogen and oxygen atoms in total. The van der Waals surface area contributed by atoms with Crippen LogP contribution >= 0.6 is 0 Å². The SMILES string of the molecule is CCCCCc1ccc(-c2ccc(C(=O)OC(CC)C3CCCCC3)cc2)cc1. The van der Waals surface area contributed by atoms with E-state index in [1.54, 1.807) is 0 Å². The van der Waals surface area contributed by atoms with Crippen molar-refractivity contribution in [1.29, 1.82) is 0 Å². The Morgan fingerprint density at radius 3 is 2.10 bits per heavy atom. The largest absolute Gasteiger partial charge is 0.459 e. The lowest BCUT2D eigenvalue weighted by Crippen LogP contribution is -2.28. The molecule has 0 N–H and O–H groups in total. The van der Waals surface area contributed by atoms with Gasteiger partial charge in [-0.25, -0.2) is 4.79 Å². The highest BCUT2D eigenvalue weighted by atomic mass is 16.5. The monoisotopic (exact) mass is 392 g/mol. The minimum atomic E-state index is -0.180. The number of benzene rings is 2. The summed E-state index contributed by atoms with van der Waals surface area (Å²) in [6, 6.07) is 16.7. The molecule has 29 heavy (non-hydrogen) atoms. The number of hydrogen-bond donors (Lipinski definition) is 0. The Balaban J connectivity index is 1.59. The molecule has 0 spiro atoms. The number of esters is 1. The van der Waals surface area contributed by atoms with Gasteiger partial charge in [-0.2, -0.15) is 0 Å². The van der Waals surface area contributed by atoms with E-state index in [4.69, 9.17) is 4.74 Å². The second-order valence-electron chi connectivity index (χ2n) is 8.48. The van der Waals surface area contributed by atoms with Gasteiger partial charge < -0.3 is 4.74 Å². The lowest BCUT2D eigenvalue weighted by atomic mass is 9.84. The molecule has 156 valence electrons. The predicted octanol–water partition coefficient (Wildman–Crippen LogP) is 7.60. The number of hydrogen-bond acceptors (Lipinski definition) is 2. The maximum Gasteiger partial charge on any atom is 0.338 e. The van der Waals surface area contributed by atoms with Crippen molar-refractivity contribution in [2.75, 3.05) is 0 Å². The molecule has 0 saturated heterocycles. The third-order valence-corrected chi connectivity index (χ3v) is 6.31. The average molecular weight is 393 g/mol. The van der Waals surface area contributed by atoms with Crippen LogP contribution in [0.15, 0.2) is 48.5 Å². The van der Waals surface area contributed by atoms with Gasteiger partial charge in [-0.05, 0) is 66.8 Å². The molecule has 2 aromatic carbocycles. The summed E-state index contributed by atoms with van der Waals surface area (Å²) < 4.78 is 5.89. The van der Waals surface area contributed by atoms with Gasteiger partial charge in [0.15, 0.2) is 0 Å². The second-order valence-corrected chi connectivity index (χ2v) is 8.48. The van der Waals surface area contributed by atoms with Crippen LogP contribution in [0.1, 0.15) is 87.6 Å². The van der Waals surface area contributed by atoms with Gasteiger partial charge in [-0.15, -0.1) is 0 Å². The van der Waals surface area contributed by atoms with E-state index in [1.165, 1.54) is 62.5 Å². The minimum Gasteiger partial charge on any atom is -0.459 e. The molecule has 2 aromatic rings. The first kappa shape index (κ1) is 21.6. The van der Waals surface area contributed by atoms with Gasteiger partial charge in [0.2, 0.25) is 0 Å². The normalized spacial score (nSPS) is 15.8. The van der Waals surface area contributed by atoms with Crippen LogP contribution in [0.5, 0.6) is 0 Å². The molecule has 2 heteroatoms. The fraction of sp³-hybridized carbons (Fsp3) is 0.519. The van der Waals surface area contributed by atoms with E-state index >= 15 is 0 Å². The van der Waals surface area contributed by atoms with Crippen molar-refractivity contribution in [1.82, 2.24) is 0 Å². The molecule has 0 amide bonds. The van der Waals surface area contributed by atoms with E-state index in [2.05, 4.69) is 38.1 Å². The second kappa shape index (κ2) is 11.2. The van der Waals surface area contributed by atoms with Gasteiger partial charge >= 0.3 is 5.97 Å². The summed E-state index contributed by atoms with van der Waals surface area (Å²) >= 11 is 0. The average Bonchev–Trinajstić information content (AvgIpc) is 2.78. The Labute approximate surface area is 176 Å². The fourth-order valence-electron chi connectivity index (χ4n) is 4.47. The van der Waals surface area contributed by atoms with Crippen molar-refractivity contribution in [3.8, 4) is 11.1 Å². The molecule has 1 aliphatic carbocycles. The minimum absolute atomic E-state index is 0.0581. The van der Waals surface area contributed by atoms with E-state index in [0.29, 0.717) is 11.5 Å². The van der Waals surface area contributed by atoms with Crippen molar-refractivity contribution in [2.24, 2.45) is 5.92 Å². The summed E-state index contributed by atoms with van der Waals surface area (Å²) in [5.41, 5.74) is 4.38. The first-order valence-electron chi connectivity index (χ1n) is 11.6. The Hall–Kier alpha value is -2.09. The summed E-state index contributed by atoms with van der Waals surface area (Å²) in [4.78, 5) is 12.7. The summed E-state index contributed by atoms with van der Waals surface area (Å²) in [7, 11) is 0. The van der Waals surface area contributed by atoms with Gasteiger partial charge in [0.05, 0.1) is 5.56 Å². The summed E-state index contributed by atoms with van der Waals surface area (Å²) in [5, 5.41) is 0. The molecule has 0 heterocycles. The molecule has 3 rings (SSSR count). The van der Waals surface area contributed by atoms with Gasteiger partial charge in [-0.1, -0.05) is 82.3 Å². The highest BCUT2D eigenvalue weighted by molar-refractivity contribution is 5.90. The van der Waals surface area contributed by atoms with Crippen LogP contribution in [-0.2, 0) is 11.2 Å². The third kappa shape index (κ3) is 6.19. The molecular formula is C27H36O2. The number of aryl methyl sites for hydroxylation is 1. The van der Waals surface area contributed by atoms with Gasteiger partial charge in [0.25, 0.3) is 0 Å². The van der Waals surface area contributed by atoms with Crippen LogP contribution in [0, 0.1) is 5.92 Å². The smallest absolute Gasteiger partial charge is 0.338 e. The van der Waals surface area contributed by atoms with Crippen molar-refractivity contribution in [3.63, 3.8) is 0 Å². The van der Waals surface area contributed by atoms with Gasteiger partial charge in [0, 0.05) is 0 Å². The maximum absolute atomic E-state index is 12.7. The zero-order valence-electron chi connectivity index (χ0n) is 18.2. The van der Waals surface area contributed by atoms with Crippen LogP contribution < -0.4 is 0 Å². The van der Waals surface area contributed by atoms with Crippen LogP contribution in [-0.4, -0.2) is 12.1 Å². The van der Waals surface area contributed by atoms with Crippen molar-refractivity contribution in [3.05, 3.63) is 59.7 Å². The number of rotatable bonds is 9. The Morgan fingerprint density at radius 2 is 1.52 bits per heavy atom. The molecular weight excluding hydrogens is 356 g/mol. The van der Waals surface area contributed by atoms with Crippen LogP contribution in [0.2, 0.25) is 0 Å². The summed E-state index contributed by atoms with van der Waals surface area (Å²) in [6.45, 7) is 4.36. The quantitative estimate of drug-likeness (QED) is 0.324. The highest BCUT2D eigenvalue weighted by Crippen LogP contribution is 2.30. The Bertz CT molecular complexity index is 739. The zero-order valence-corrected chi connectivity index (χ0v) is 18.2. The number of carbonyl (C=O) groups is 1. The standard InChI is InChI=1S/C27H36O2/c1-3-5-7-10-21-13-15-22(16-14-21)23-17-19-25(20-18-23)27(28)29-26(4-2)24-11-8-6-9-12-24/h13-20,24,26H,3-12H2,1-2H3. The van der Waals surface area contributed by atoms with Gasteiger partial charge in [0.1, 0.15) is 6.10 Å². The lowest BCUT2D eigenvalue weighted by molar-refractivity contribution is 0.00646. The van der Waals surface area contributed by atoms with Crippen molar-refractivity contribution < 1.29 is 9.53 Å². The highest BCUT2D eigenvalue weighted by Gasteiger charge is 2.25. The van der Waals surface area contributed by atoms with Gasteiger partial charge in [-0.3, -0.25) is 0 Å². The van der Waals surface area contributed by atoms with E-state index in [0.717, 1.165) is 18.4 Å². The van der Waals surface area contributed by atoms with E-state index in [-0.39, 0.29) is 12.1 Å². The molecule has 0 radical (unpaired) electrons. The molecule has 0 aromatic heterocycles. The molecule has 1 saturated carbocycles. The fourth-order valence-corrected chi connectivity index (χ4v) is 4.47. The van der Waals surface area contributed by atoms with E-state index < -0.39 is 0 Å². The van der Waals surface area contributed by atoms with Crippen molar-refractivity contribution >= 4 is 5.97 Å². The predicted molar refractivity (Wildman–Crippen MR) is 121 cm³/mol. The Morgan fingerprint density at radius 1 is 0.897 bits per heavy atom. The maximum atomic E-state index is 12.7. The van der Waals surface area contributed by atoms with Crippen LogP contribution in [0.25, 0.3) is 11.1 Å². The van der Waals surface area contributed by atoms with Crippen molar-refractivity contribution in [2.45, 2.75) is 84.2 Å². The Kier molecular flexibility index (Phi) is 8.34.